The third-order valence-electron chi connectivity index (χ3n) is 18.9. The average Bonchev–Trinajstić information content (AvgIpc) is 1.51. The molecule has 0 fully saturated rings. The highest BCUT2D eigenvalue weighted by molar-refractivity contribution is 6.16. The number of hydrogen-bond donors (Lipinski definition) is 0. The largest absolute Gasteiger partial charge is 0.453 e. The molecule has 0 unspecified atom stereocenters. The number of anilines is 6. The number of fused-ring (bicyclic) bond motifs is 20. The molecular weight excluding hydrogens is 1060 g/mol. The van der Waals surface area contributed by atoms with E-state index in [4.69, 9.17) is 8.83 Å². The highest BCUT2D eigenvalue weighted by Crippen LogP contribution is 2.66. The van der Waals surface area contributed by atoms with E-state index in [0.29, 0.717) is 0 Å². The van der Waals surface area contributed by atoms with Gasteiger partial charge in [-0.15, -0.1) is 0 Å². The number of furan rings is 2. The number of hydrogen-bond acceptors (Lipinski definition) is 4. The molecule has 1 spiro atoms. The van der Waals surface area contributed by atoms with Crippen LogP contribution in [0.25, 0.3) is 110 Å². The summed E-state index contributed by atoms with van der Waals surface area (Å²) in [4.78, 5) is 4.74. The number of nitrogens with zero attached hydrogens (tertiary/aromatic N) is 2. The predicted molar refractivity (Wildman–Crippen MR) is 362 cm³/mol. The molecule has 0 aliphatic heterocycles. The first-order valence-corrected chi connectivity index (χ1v) is 30.1. The van der Waals surface area contributed by atoms with Crippen molar-refractivity contribution >= 4 is 99.5 Å². The van der Waals surface area contributed by atoms with Crippen molar-refractivity contribution in [2.45, 2.75) is 19.3 Å². The summed E-state index contributed by atoms with van der Waals surface area (Å²) in [6.45, 7) is 4.34. The molecule has 0 amide bonds. The van der Waals surface area contributed by atoms with Gasteiger partial charge in [0, 0.05) is 55.4 Å². The molecular formula is C83H54N2O2. The molecule has 16 aromatic rings. The Bertz CT molecular complexity index is 5170. The van der Waals surface area contributed by atoms with Gasteiger partial charge < -0.3 is 18.6 Å². The highest BCUT2D eigenvalue weighted by Gasteiger charge is 2.53. The first kappa shape index (κ1) is 49.2. The van der Waals surface area contributed by atoms with Crippen LogP contribution in [-0.2, 0) is 5.41 Å². The van der Waals surface area contributed by atoms with Gasteiger partial charge >= 0.3 is 0 Å². The molecule has 0 saturated heterocycles. The Balaban J connectivity index is 0.832. The third-order valence-corrected chi connectivity index (χ3v) is 18.9. The van der Waals surface area contributed by atoms with E-state index in [1.54, 1.807) is 0 Å². The van der Waals surface area contributed by atoms with E-state index < -0.39 is 5.41 Å². The van der Waals surface area contributed by atoms with E-state index in [1.807, 2.05) is 0 Å². The smallest absolute Gasteiger partial charge is 0.159 e. The molecule has 18 rings (SSSR count). The summed E-state index contributed by atoms with van der Waals surface area (Å²) in [6.07, 6.45) is 0. The van der Waals surface area contributed by atoms with E-state index in [-0.39, 0.29) is 0 Å². The second kappa shape index (κ2) is 18.9. The summed E-state index contributed by atoms with van der Waals surface area (Å²) < 4.78 is 14.3. The molecule has 0 N–H and O–H groups in total. The van der Waals surface area contributed by atoms with Crippen LogP contribution in [0.1, 0.15) is 33.4 Å². The molecule has 14 aromatic carbocycles. The summed E-state index contributed by atoms with van der Waals surface area (Å²) in [5, 5.41) is 9.14. The maximum Gasteiger partial charge on any atom is 0.159 e. The summed E-state index contributed by atoms with van der Waals surface area (Å²) in [5.74, 6) is 0. The Morgan fingerprint density at radius 1 is 0.253 bits per heavy atom. The molecule has 2 heterocycles. The van der Waals surface area contributed by atoms with Crippen LogP contribution in [0.3, 0.4) is 0 Å². The summed E-state index contributed by atoms with van der Waals surface area (Å²) in [6, 6.07) is 107. The zero-order chi connectivity index (χ0) is 57.5. The molecule has 4 nitrogen and oxygen atoms in total. The van der Waals surface area contributed by atoms with Gasteiger partial charge in [0.25, 0.3) is 0 Å². The van der Waals surface area contributed by atoms with E-state index in [1.165, 1.54) is 77.5 Å². The number of benzene rings is 14. The predicted octanol–water partition coefficient (Wildman–Crippen LogP) is 23.0. The van der Waals surface area contributed by atoms with Crippen molar-refractivity contribution in [3.63, 3.8) is 0 Å². The number of rotatable bonds is 8. The standard InChI is InChI=1S/C83H54N2O2/c1-51-21-9-11-27-59(51)67-31-17-33-69-71-35-19-39-75(81(71)86-79(67)69)84(55-23-5-3-6-24-55)57-43-47-61-53(49-57)41-45-65-66-46-42-54-50-58(44-48-62(54)78(66)83(77(61)65)73-37-15-13-29-63(73)64-30-14-16-38-74(64)83)85(56-25-7-4-8-26-56)76-40-20-36-72-70-34-18-32-68(80(70)87-82(72)76)60-28-12-10-22-52(60)2/h3-50H,1-2H3. The van der Waals surface area contributed by atoms with Crippen LogP contribution in [0.2, 0.25) is 0 Å². The van der Waals surface area contributed by atoms with E-state index in [9.17, 15) is 0 Å². The minimum atomic E-state index is -0.637. The lowest BCUT2D eigenvalue weighted by Gasteiger charge is -2.33. The maximum atomic E-state index is 7.16. The van der Waals surface area contributed by atoms with Crippen LogP contribution in [0.4, 0.5) is 34.1 Å². The van der Waals surface area contributed by atoms with Crippen LogP contribution in [0, 0.1) is 13.8 Å². The lowest BCUT2D eigenvalue weighted by molar-refractivity contribution is 0.670. The molecule has 2 aliphatic carbocycles. The SMILES string of the molecule is Cc1ccccc1-c1cccc2c1oc1c(N(c3ccccc3)c3ccc4c5c(ccc4c3)-c3ccc4cc(N(c6ccccc6)c6cccc7c6oc6c(-c8ccccc8C)cccc67)ccc4c3C53c4ccccc4-c4ccccc43)cccc12. The molecule has 2 aromatic heterocycles. The van der Waals surface area contributed by atoms with Gasteiger partial charge in [0.15, 0.2) is 11.2 Å². The van der Waals surface area contributed by atoms with Crippen molar-refractivity contribution < 1.29 is 8.83 Å². The first-order valence-electron chi connectivity index (χ1n) is 30.1. The lowest BCUT2D eigenvalue weighted by Crippen LogP contribution is -2.26. The maximum absolute atomic E-state index is 7.16. The molecule has 4 heteroatoms. The molecule has 0 bridgehead atoms. The number of para-hydroxylation sites is 6. The highest BCUT2D eigenvalue weighted by atomic mass is 16.3. The zero-order valence-electron chi connectivity index (χ0n) is 47.9. The van der Waals surface area contributed by atoms with E-state index in [0.717, 1.165) is 99.9 Å². The third kappa shape index (κ3) is 7.07. The van der Waals surface area contributed by atoms with Crippen molar-refractivity contribution in [2.24, 2.45) is 0 Å². The average molecular weight is 1110 g/mol. The zero-order valence-corrected chi connectivity index (χ0v) is 47.9. The normalized spacial score (nSPS) is 12.8. The van der Waals surface area contributed by atoms with Gasteiger partial charge in [0.1, 0.15) is 11.2 Å². The van der Waals surface area contributed by atoms with Crippen LogP contribution < -0.4 is 9.80 Å². The van der Waals surface area contributed by atoms with Gasteiger partial charge in [-0.2, -0.15) is 0 Å². The Morgan fingerprint density at radius 2 is 0.621 bits per heavy atom. The van der Waals surface area contributed by atoms with Crippen molar-refractivity contribution in [3.05, 3.63) is 325 Å². The molecule has 0 saturated carbocycles. The summed E-state index contributed by atoms with van der Waals surface area (Å²) in [5.41, 5.74) is 26.2. The van der Waals surface area contributed by atoms with Crippen molar-refractivity contribution in [1.29, 1.82) is 0 Å². The van der Waals surface area contributed by atoms with Gasteiger partial charge in [-0.3, -0.25) is 0 Å². The van der Waals surface area contributed by atoms with Gasteiger partial charge in [-0.05, 0) is 163 Å². The quantitative estimate of drug-likeness (QED) is 0.152. The first-order chi connectivity index (χ1) is 43.0. The van der Waals surface area contributed by atoms with Gasteiger partial charge in [-0.1, -0.05) is 231 Å². The molecule has 0 atom stereocenters. The fraction of sp³-hybridized carbons (Fsp3) is 0.0361. The van der Waals surface area contributed by atoms with Gasteiger partial charge in [-0.25, -0.2) is 0 Å². The van der Waals surface area contributed by atoms with Crippen LogP contribution in [-0.4, -0.2) is 0 Å². The van der Waals surface area contributed by atoms with Gasteiger partial charge in [0.05, 0.1) is 16.8 Å². The second-order valence-electron chi connectivity index (χ2n) is 23.5. The molecule has 408 valence electrons. The van der Waals surface area contributed by atoms with E-state index >= 15 is 0 Å². The van der Waals surface area contributed by atoms with Crippen molar-refractivity contribution in [1.82, 2.24) is 0 Å². The minimum Gasteiger partial charge on any atom is -0.453 e. The van der Waals surface area contributed by atoms with E-state index in [2.05, 4.69) is 315 Å². The fourth-order valence-corrected chi connectivity index (χ4v) is 15.2. The molecule has 87 heavy (non-hydrogen) atoms. The summed E-state index contributed by atoms with van der Waals surface area (Å²) in [7, 11) is 0. The number of aryl methyl sites for hydroxylation is 2. The van der Waals surface area contributed by atoms with Crippen LogP contribution in [0.5, 0.6) is 0 Å². The van der Waals surface area contributed by atoms with Crippen molar-refractivity contribution in [3.8, 4) is 44.5 Å². The Labute approximate surface area is 503 Å². The topological polar surface area (TPSA) is 32.8 Å². The van der Waals surface area contributed by atoms with Gasteiger partial charge in [0.2, 0.25) is 0 Å². The Hall–Kier alpha value is -11.2. The lowest BCUT2D eigenvalue weighted by atomic mass is 9.68. The van der Waals surface area contributed by atoms with Crippen molar-refractivity contribution in [2.75, 3.05) is 9.80 Å². The Morgan fingerprint density at radius 3 is 1.06 bits per heavy atom. The minimum absolute atomic E-state index is 0.637. The summed E-state index contributed by atoms with van der Waals surface area (Å²) >= 11 is 0. The monoisotopic (exact) mass is 1110 g/mol. The molecule has 2 aliphatic rings. The molecule has 0 radical (unpaired) electrons. The van der Waals surface area contributed by atoms with Crippen LogP contribution in [0.15, 0.2) is 300 Å². The second-order valence-corrected chi connectivity index (χ2v) is 23.5. The fourth-order valence-electron chi connectivity index (χ4n) is 15.2. The van der Waals surface area contributed by atoms with Crippen LogP contribution >= 0.6 is 0 Å². The Kier molecular flexibility index (Phi) is 10.7.